The van der Waals surface area contributed by atoms with Crippen LogP contribution in [0.2, 0.25) is 0 Å². The fraction of sp³-hybridized carbons (Fsp3) is 0.417. The first-order valence-electron chi connectivity index (χ1n) is 5.87. The summed E-state index contributed by atoms with van der Waals surface area (Å²) >= 11 is 0. The Hall–Kier alpha value is -1.63. The van der Waals surface area contributed by atoms with E-state index in [1.54, 1.807) is 4.57 Å². The Morgan fingerprint density at radius 3 is 2.94 bits per heavy atom. The van der Waals surface area contributed by atoms with E-state index in [0.717, 1.165) is 11.0 Å². The normalized spacial score (nSPS) is 34.1. The first-order chi connectivity index (χ1) is 8.75. The van der Waals surface area contributed by atoms with Gasteiger partial charge in [0.1, 0.15) is 24.9 Å². The molecule has 1 fully saturated rings. The first-order valence-corrected chi connectivity index (χ1v) is 5.87. The van der Waals surface area contributed by atoms with Crippen molar-refractivity contribution in [2.75, 3.05) is 6.61 Å². The maximum atomic E-state index is 10.0. The molecule has 4 atom stereocenters. The fourth-order valence-corrected chi connectivity index (χ4v) is 2.61. The molecular weight excluding hydrogens is 236 g/mol. The van der Waals surface area contributed by atoms with Crippen molar-refractivity contribution in [1.82, 2.24) is 9.55 Å². The zero-order chi connectivity index (χ0) is 12.3. The van der Waals surface area contributed by atoms with E-state index >= 15 is 0 Å². The molecule has 0 aliphatic carbocycles. The molecule has 0 spiro atoms. The van der Waals surface area contributed by atoms with Gasteiger partial charge in [0, 0.05) is 0 Å². The number of imidazole rings is 1. The third kappa shape index (κ3) is 1.19. The molecule has 0 radical (unpaired) electrons. The van der Waals surface area contributed by atoms with Crippen LogP contribution < -0.4 is 4.74 Å². The number of hydrogen-bond acceptors (Lipinski definition) is 5. The van der Waals surface area contributed by atoms with Crippen LogP contribution in [0.4, 0.5) is 0 Å². The van der Waals surface area contributed by atoms with Crippen LogP contribution in [-0.2, 0) is 4.74 Å². The number of benzene rings is 1. The summed E-state index contributed by atoms with van der Waals surface area (Å²) in [6, 6.07) is 7.96. The molecule has 3 heterocycles. The molecule has 94 valence electrons. The minimum absolute atomic E-state index is 0.193. The number of fused-ring (bicyclic) bond motifs is 6. The molecule has 2 aromatic rings. The van der Waals surface area contributed by atoms with Crippen molar-refractivity contribution in [3.05, 3.63) is 24.3 Å². The van der Waals surface area contributed by atoms with Gasteiger partial charge in [-0.2, -0.15) is 4.98 Å². The van der Waals surface area contributed by atoms with E-state index in [9.17, 15) is 10.2 Å². The summed E-state index contributed by atoms with van der Waals surface area (Å²) in [7, 11) is 0. The SMILES string of the molecule is O[C@@H]1[C@H](O)[C@H]2COc3nc4ccccc4n3[C@@H]1O2. The van der Waals surface area contributed by atoms with Gasteiger partial charge in [-0.1, -0.05) is 12.1 Å². The third-order valence-corrected chi connectivity index (χ3v) is 3.53. The maximum absolute atomic E-state index is 10.0. The van der Waals surface area contributed by atoms with Crippen molar-refractivity contribution in [3.8, 4) is 6.01 Å². The minimum Gasteiger partial charge on any atom is -0.462 e. The van der Waals surface area contributed by atoms with Crippen molar-refractivity contribution < 1.29 is 19.7 Å². The second-order valence-corrected chi connectivity index (χ2v) is 4.61. The Bertz CT molecular complexity index is 611. The zero-order valence-electron chi connectivity index (χ0n) is 9.43. The van der Waals surface area contributed by atoms with Crippen LogP contribution in [0, 0.1) is 0 Å². The molecule has 2 bridgehead atoms. The molecule has 0 amide bonds. The largest absolute Gasteiger partial charge is 0.462 e. The average molecular weight is 248 g/mol. The van der Waals surface area contributed by atoms with Crippen LogP contribution in [0.5, 0.6) is 6.01 Å². The van der Waals surface area contributed by atoms with Crippen molar-refractivity contribution in [3.63, 3.8) is 0 Å². The molecule has 1 aromatic carbocycles. The molecule has 0 saturated carbocycles. The van der Waals surface area contributed by atoms with Crippen LogP contribution in [0.1, 0.15) is 6.23 Å². The van der Waals surface area contributed by atoms with Crippen LogP contribution >= 0.6 is 0 Å². The fourth-order valence-electron chi connectivity index (χ4n) is 2.61. The van der Waals surface area contributed by atoms with Gasteiger partial charge >= 0.3 is 0 Å². The highest BCUT2D eigenvalue weighted by Gasteiger charge is 2.47. The number of aromatic nitrogens is 2. The summed E-state index contributed by atoms with van der Waals surface area (Å²) < 4.78 is 12.9. The second kappa shape index (κ2) is 3.44. The first kappa shape index (κ1) is 10.3. The highest BCUT2D eigenvalue weighted by atomic mass is 16.6. The molecule has 4 rings (SSSR count). The zero-order valence-corrected chi connectivity index (χ0v) is 9.43. The molecule has 2 aliphatic heterocycles. The molecule has 0 unspecified atom stereocenters. The molecule has 6 nitrogen and oxygen atoms in total. The summed E-state index contributed by atoms with van der Waals surface area (Å²) in [5.41, 5.74) is 1.61. The lowest BCUT2D eigenvalue weighted by Gasteiger charge is -2.19. The third-order valence-electron chi connectivity index (χ3n) is 3.53. The average Bonchev–Trinajstić information content (AvgIpc) is 2.80. The number of hydrogen-bond donors (Lipinski definition) is 2. The van der Waals surface area contributed by atoms with Gasteiger partial charge in [-0.3, -0.25) is 4.57 Å². The predicted octanol–water partition coefficient (Wildman–Crippen LogP) is 0.0479. The van der Waals surface area contributed by atoms with Gasteiger partial charge in [-0.25, -0.2) is 0 Å². The summed E-state index contributed by atoms with van der Waals surface area (Å²) in [5, 5.41) is 19.9. The van der Waals surface area contributed by atoms with E-state index in [1.165, 1.54) is 0 Å². The monoisotopic (exact) mass is 248 g/mol. The van der Waals surface area contributed by atoms with Gasteiger partial charge in [-0.15, -0.1) is 0 Å². The van der Waals surface area contributed by atoms with Gasteiger partial charge < -0.3 is 19.7 Å². The number of ether oxygens (including phenoxy) is 2. The van der Waals surface area contributed by atoms with Crippen LogP contribution in [0.3, 0.4) is 0 Å². The van der Waals surface area contributed by atoms with Crippen molar-refractivity contribution in [1.29, 1.82) is 0 Å². The van der Waals surface area contributed by atoms with E-state index in [2.05, 4.69) is 4.98 Å². The molecular formula is C12H12N2O4. The molecule has 2 aliphatic rings. The predicted molar refractivity (Wildman–Crippen MR) is 61.2 cm³/mol. The highest BCUT2D eigenvalue weighted by Crippen LogP contribution is 2.38. The van der Waals surface area contributed by atoms with Gasteiger partial charge in [0.05, 0.1) is 11.0 Å². The van der Waals surface area contributed by atoms with E-state index in [1.807, 2.05) is 24.3 Å². The lowest BCUT2D eigenvalue weighted by Crippen LogP contribution is -2.36. The van der Waals surface area contributed by atoms with Gasteiger partial charge in [0.15, 0.2) is 6.23 Å². The summed E-state index contributed by atoms with van der Waals surface area (Å²) in [6.07, 6.45) is -3.04. The van der Waals surface area contributed by atoms with Crippen LogP contribution in [-0.4, -0.2) is 44.7 Å². The van der Waals surface area contributed by atoms with E-state index < -0.39 is 24.5 Å². The highest BCUT2D eigenvalue weighted by molar-refractivity contribution is 5.76. The number of para-hydroxylation sites is 2. The standard InChI is InChI=1S/C12H12N2O4/c15-9-8-5-17-12-13-6-3-1-2-4-7(6)14(12)11(18-8)10(9)16/h1-4,8-11,15-16H,5H2/t8-,9-,10-,11-/m1/s1. The number of aliphatic hydroxyl groups is 2. The summed E-state index contributed by atoms with van der Waals surface area (Å²) in [5.74, 6) is 0. The Balaban J connectivity index is 1.96. The lowest BCUT2D eigenvalue weighted by atomic mass is 10.1. The van der Waals surface area contributed by atoms with E-state index in [-0.39, 0.29) is 6.61 Å². The smallest absolute Gasteiger partial charge is 0.299 e. The van der Waals surface area contributed by atoms with E-state index in [0.29, 0.717) is 6.01 Å². The molecule has 18 heavy (non-hydrogen) atoms. The number of rotatable bonds is 0. The molecule has 6 heteroatoms. The van der Waals surface area contributed by atoms with Crippen molar-refractivity contribution >= 4 is 11.0 Å². The summed E-state index contributed by atoms with van der Waals surface area (Å²) in [4.78, 5) is 4.36. The summed E-state index contributed by atoms with van der Waals surface area (Å²) in [6.45, 7) is 0.193. The number of nitrogens with zero attached hydrogens (tertiary/aromatic N) is 2. The Kier molecular flexibility index (Phi) is 1.97. The Labute approximate surface area is 102 Å². The van der Waals surface area contributed by atoms with Gasteiger partial charge in [0.2, 0.25) is 0 Å². The van der Waals surface area contributed by atoms with Crippen molar-refractivity contribution in [2.45, 2.75) is 24.5 Å². The van der Waals surface area contributed by atoms with Crippen LogP contribution in [0.25, 0.3) is 11.0 Å². The van der Waals surface area contributed by atoms with Crippen molar-refractivity contribution in [2.24, 2.45) is 0 Å². The second-order valence-electron chi connectivity index (χ2n) is 4.61. The minimum atomic E-state index is -0.963. The van der Waals surface area contributed by atoms with E-state index in [4.69, 9.17) is 9.47 Å². The van der Waals surface area contributed by atoms with Gasteiger partial charge in [0.25, 0.3) is 6.01 Å². The molecule has 1 aromatic heterocycles. The quantitative estimate of drug-likeness (QED) is 0.688. The van der Waals surface area contributed by atoms with Crippen LogP contribution in [0.15, 0.2) is 24.3 Å². The maximum Gasteiger partial charge on any atom is 0.299 e. The Morgan fingerprint density at radius 2 is 2.06 bits per heavy atom. The van der Waals surface area contributed by atoms with Gasteiger partial charge in [-0.05, 0) is 12.1 Å². The topological polar surface area (TPSA) is 76.7 Å². The molecule has 2 N–H and O–H groups in total. The Morgan fingerprint density at radius 1 is 1.22 bits per heavy atom. The molecule has 1 saturated heterocycles. The lowest BCUT2D eigenvalue weighted by molar-refractivity contribution is -0.0293. The number of aliphatic hydroxyl groups excluding tert-OH is 2.